The first-order valence-corrected chi connectivity index (χ1v) is 8.74. The molecule has 6 heteroatoms. The van der Waals surface area contributed by atoms with E-state index in [1.807, 2.05) is 44.2 Å². The van der Waals surface area contributed by atoms with Gasteiger partial charge in [0.1, 0.15) is 0 Å². The van der Waals surface area contributed by atoms with Gasteiger partial charge in [-0.1, -0.05) is 22.9 Å². The SMILES string of the molecule is CCC(C)(C#N)c1ccc(Nc2c(N)cnc3ccc(Br)cc23)cn1. The Morgan fingerprint density at radius 1 is 1.24 bits per heavy atom. The molecule has 1 atom stereocenters. The summed E-state index contributed by atoms with van der Waals surface area (Å²) < 4.78 is 0.955. The predicted molar refractivity (Wildman–Crippen MR) is 105 cm³/mol. The molecule has 0 fully saturated rings. The molecular weight excluding hydrogens is 378 g/mol. The zero-order chi connectivity index (χ0) is 18.0. The van der Waals surface area contributed by atoms with Gasteiger partial charge in [0.15, 0.2) is 0 Å². The lowest BCUT2D eigenvalue weighted by atomic mass is 9.85. The summed E-state index contributed by atoms with van der Waals surface area (Å²) in [4.78, 5) is 8.82. The lowest BCUT2D eigenvalue weighted by molar-refractivity contribution is 0.568. The Morgan fingerprint density at radius 3 is 2.68 bits per heavy atom. The normalized spacial score (nSPS) is 13.2. The molecule has 2 heterocycles. The second kappa shape index (κ2) is 6.69. The standard InChI is InChI=1S/C19H18BrN5/c1-3-19(2,11-21)17-7-5-13(9-24-17)25-18-14-8-12(20)4-6-16(14)23-10-15(18)22/h4-10H,3,22H2,1-2H3,(H,23,25). The van der Waals surface area contributed by atoms with Crippen molar-refractivity contribution in [3.8, 4) is 6.07 Å². The molecule has 1 aromatic carbocycles. The van der Waals surface area contributed by atoms with Crippen molar-refractivity contribution < 1.29 is 0 Å². The Bertz CT molecular complexity index is 957. The minimum atomic E-state index is -0.578. The maximum Gasteiger partial charge on any atom is 0.0962 e. The number of aromatic nitrogens is 2. The van der Waals surface area contributed by atoms with E-state index in [1.54, 1.807) is 12.4 Å². The first-order valence-electron chi connectivity index (χ1n) is 7.95. The molecule has 5 nitrogen and oxygen atoms in total. The van der Waals surface area contributed by atoms with Crippen LogP contribution < -0.4 is 11.1 Å². The fourth-order valence-electron chi connectivity index (χ4n) is 2.58. The number of nitrogens with zero attached hydrogens (tertiary/aromatic N) is 3. The van der Waals surface area contributed by atoms with Gasteiger partial charge in [-0.15, -0.1) is 0 Å². The Hall–Kier alpha value is -2.65. The van der Waals surface area contributed by atoms with E-state index < -0.39 is 5.41 Å². The molecule has 0 aliphatic heterocycles. The van der Waals surface area contributed by atoms with E-state index in [0.717, 1.165) is 32.4 Å². The number of nitrogens with two attached hydrogens (primary N) is 1. The molecule has 0 aliphatic carbocycles. The van der Waals surface area contributed by atoms with Gasteiger partial charge in [0, 0.05) is 9.86 Å². The van der Waals surface area contributed by atoms with E-state index in [0.29, 0.717) is 12.1 Å². The van der Waals surface area contributed by atoms with Crippen LogP contribution in [-0.4, -0.2) is 9.97 Å². The molecule has 2 aromatic heterocycles. The minimum Gasteiger partial charge on any atom is -0.396 e. The molecule has 3 rings (SSSR count). The second-order valence-electron chi connectivity index (χ2n) is 6.10. The molecular formula is C19H18BrN5. The van der Waals surface area contributed by atoms with Crippen molar-refractivity contribution in [1.82, 2.24) is 9.97 Å². The maximum atomic E-state index is 9.39. The van der Waals surface area contributed by atoms with E-state index in [9.17, 15) is 5.26 Å². The monoisotopic (exact) mass is 395 g/mol. The minimum absolute atomic E-state index is 0.560. The average molecular weight is 396 g/mol. The molecule has 0 aliphatic rings. The van der Waals surface area contributed by atoms with Crippen LogP contribution in [-0.2, 0) is 5.41 Å². The van der Waals surface area contributed by atoms with Crippen molar-refractivity contribution in [2.75, 3.05) is 11.1 Å². The van der Waals surface area contributed by atoms with Gasteiger partial charge in [-0.05, 0) is 43.7 Å². The molecule has 1 unspecified atom stereocenters. The van der Waals surface area contributed by atoms with Crippen molar-refractivity contribution in [2.45, 2.75) is 25.7 Å². The number of benzene rings is 1. The lowest BCUT2D eigenvalue weighted by Gasteiger charge is -2.19. The zero-order valence-electron chi connectivity index (χ0n) is 14.0. The van der Waals surface area contributed by atoms with Crippen molar-refractivity contribution >= 4 is 43.9 Å². The van der Waals surface area contributed by atoms with E-state index in [4.69, 9.17) is 5.73 Å². The number of fused-ring (bicyclic) bond motifs is 1. The third-order valence-corrected chi connectivity index (χ3v) is 4.90. The molecule has 126 valence electrons. The number of nitriles is 1. The van der Waals surface area contributed by atoms with E-state index in [1.165, 1.54) is 0 Å². The van der Waals surface area contributed by atoms with Crippen LogP contribution in [0.1, 0.15) is 26.0 Å². The highest BCUT2D eigenvalue weighted by Crippen LogP contribution is 2.33. The third kappa shape index (κ3) is 3.28. The molecule has 0 amide bonds. The number of halogens is 1. The number of nitrogen functional groups attached to an aromatic ring is 1. The number of rotatable bonds is 4. The summed E-state index contributed by atoms with van der Waals surface area (Å²) in [5, 5.41) is 13.6. The van der Waals surface area contributed by atoms with Crippen molar-refractivity contribution in [3.63, 3.8) is 0 Å². The molecule has 0 spiro atoms. The van der Waals surface area contributed by atoms with Gasteiger partial charge < -0.3 is 11.1 Å². The number of hydrogen-bond donors (Lipinski definition) is 2. The molecule has 0 bridgehead atoms. The Labute approximate surface area is 155 Å². The van der Waals surface area contributed by atoms with Crippen molar-refractivity contribution in [1.29, 1.82) is 5.26 Å². The highest BCUT2D eigenvalue weighted by molar-refractivity contribution is 9.10. The molecule has 3 N–H and O–H groups in total. The Balaban J connectivity index is 1.98. The Kier molecular flexibility index (Phi) is 4.60. The van der Waals surface area contributed by atoms with E-state index in [-0.39, 0.29) is 0 Å². The summed E-state index contributed by atoms with van der Waals surface area (Å²) >= 11 is 3.48. The van der Waals surface area contributed by atoms with Crippen LogP contribution in [0.15, 0.2) is 47.2 Å². The third-order valence-electron chi connectivity index (χ3n) is 4.41. The highest BCUT2D eigenvalue weighted by Gasteiger charge is 2.25. The predicted octanol–water partition coefficient (Wildman–Crippen LogP) is 4.91. The van der Waals surface area contributed by atoms with Gasteiger partial charge in [0.05, 0.1) is 52.2 Å². The summed E-state index contributed by atoms with van der Waals surface area (Å²) in [6.07, 6.45) is 4.08. The molecule has 25 heavy (non-hydrogen) atoms. The number of nitrogens with one attached hydrogen (secondary N) is 1. The van der Waals surface area contributed by atoms with Crippen LogP contribution in [0.5, 0.6) is 0 Å². The highest BCUT2D eigenvalue weighted by atomic mass is 79.9. The maximum absolute atomic E-state index is 9.39. The number of pyridine rings is 2. The van der Waals surface area contributed by atoms with Crippen LogP contribution >= 0.6 is 15.9 Å². The topological polar surface area (TPSA) is 87.6 Å². The summed E-state index contributed by atoms with van der Waals surface area (Å²) in [5.74, 6) is 0. The van der Waals surface area contributed by atoms with E-state index in [2.05, 4.69) is 37.3 Å². The van der Waals surface area contributed by atoms with Crippen LogP contribution in [0.25, 0.3) is 10.9 Å². The first-order chi connectivity index (χ1) is 12.0. The quantitative estimate of drug-likeness (QED) is 0.654. The lowest BCUT2D eigenvalue weighted by Crippen LogP contribution is -2.19. The van der Waals surface area contributed by atoms with Crippen molar-refractivity contribution in [3.05, 3.63) is 52.9 Å². The van der Waals surface area contributed by atoms with Gasteiger partial charge in [0.2, 0.25) is 0 Å². The van der Waals surface area contributed by atoms with Gasteiger partial charge in [0.25, 0.3) is 0 Å². The van der Waals surface area contributed by atoms with Crippen LogP contribution in [0.4, 0.5) is 17.1 Å². The zero-order valence-corrected chi connectivity index (χ0v) is 15.6. The fraction of sp³-hybridized carbons (Fsp3) is 0.211. The second-order valence-corrected chi connectivity index (χ2v) is 7.02. The Morgan fingerprint density at radius 2 is 2.04 bits per heavy atom. The fourth-order valence-corrected chi connectivity index (χ4v) is 2.94. The van der Waals surface area contributed by atoms with Crippen LogP contribution in [0.3, 0.4) is 0 Å². The van der Waals surface area contributed by atoms with Gasteiger partial charge >= 0.3 is 0 Å². The summed E-state index contributed by atoms with van der Waals surface area (Å²) in [6, 6.07) is 12.0. The molecule has 0 saturated heterocycles. The van der Waals surface area contributed by atoms with E-state index >= 15 is 0 Å². The van der Waals surface area contributed by atoms with Crippen LogP contribution in [0, 0.1) is 11.3 Å². The summed E-state index contributed by atoms with van der Waals surface area (Å²) in [7, 11) is 0. The smallest absolute Gasteiger partial charge is 0.0962 e. The summed E-state index contributed by atoms with van der Waals surface area (Å²) in [5.41, 5.74) is 9.32. The largest absolute Gasteiger partial charge is 0.396 e. The first kappa shape index (κ1) is 17.2. The molecule has 0 saturated carbocycles. The summed E-state index contributed by atoms with van der Waals surface area (Å²) in [6.45, 7) is 3.88. The van der Waals surface area contributed by atoms with Crippen LogP contribution in [0.2, 0.25) is 0 Å². The molecule has 3 aromatic rings. The average Bonchev–Trinajstić information content (AvgIpc) is 2.64. The number of anilines is 3. The van der Waals surface area contributed by atoms with Crippen molar-refractivity contribution in [2.24, 2.45) is 0 Å². The van der Waals surface area contributed by atoms with Gasteiger partial charge in [-0.2, -0.15) is 5.26 Å². The van der Waals surface area contributed by atoms with Gasteiger partial charge in [-0.25, -0.2) is 0 Å². The molecule has 0 radical (unpaired) electrons. The van der Waals surface area contributed by atoms with Gasteiger partial charge in [-0.3, -0.25) is 9.97 Å². The number of hydrogen-bond acceptors (Lipinski definition) is 5.